The first-order valence-corrected chi connectivity index (χ1v) is 8.88. The van der Waals surface area contributed by atoms with Gasteiger partial charge in [-0.1, -0.05) is 49.4 Å². The molecule has 0 aromatic heterocycles. The molecule has 2 aromatic rings. The van der Waals surface area contributed by atoms with Crippen LogP contribution >= 0.6 is 0 Å². The first-order valence-electron chi connectivity index (χ1n) is 8.88. The van der Waals surface area contributed by atoms with Crippen molar-refractivity contribution in [1.82, 2.24) is 5.32 Å². The molecule has 2 amide bonds. The minimum absolute atomic E-state index is 0.178. The van der Waals surface area contributed by atoms with Crippen molar-refractivity contribution in [2.45, 2.75) is 32.8 Å². The highest BCUT2D eigenvalue weighted by molar-refractivity contribution is 5.95. The Balaban J connectivity index is 1.73. The molecule has 0 aliphatic rings. The van der Waals surface area contributed by atoms with E-state index in [1.807, 2.05) is 49.4 Å². The van der Waals surface area contributed by atoms with E-state index < -0.39 is 18.0 Å². The van der Waals surface area contributed by atoms with Gasteiger partial charge in [0.1, 0.15) is 6.54 Å². The maximum Gasteiger partial charge on any atom is 0.326 e. The molecule has 0 saturated heterocycles. The van der Waals surface area contributed by atoms with Crippen molar-refractivity contribution in [1.29, 1.82) is 0 Å². The van der Waals surface area contributed by atoms with Crippen molar-refractivity contribution >= 4 is 23.5 Å². The number of hydrogen-bond donors (Lipinski definition) is 2. The summed E-state index contributed by atoms with van der Waals surface area (Å²) in [7, 11) is 0. The highest BCUT2D eigenvalue weighted by atomic mass is 16.5. The lowest BCUT2D eigenvalue weighted by molar-refractivity contribution is -0.152. The van der Waals surface area contributed by atoms with Crippen LogP contribution in [0.4, 0.5) is 5.69 Å². The Morgan fingerprint density at radius 2 is 1.63 bits per heavy atom. The van der Waals surface area contributed by atoms with E-state index in [9.17, 15) is 14.4 Å². The van der Waals surface area contributed by atoms with Gasteiger partial charge >= 0.3 is 5.97 Å². The molecule has 0 spiro atoms. The van der Waals surface area contributed by atoms with Crippen LogP contribution in [0.25, 0.3) is 0 Å². The summed E-state index contributed by atoms with van der Waals surface area (Å²) in [6.07, 6.45) is 0.130. The molecule has 0 saturated carbocycles. The molecule has 0 bridgehead atoms. The molecule has 6 heteroatoms. The summed E-state index contributed by atoms with van der Waals surface area (Å²) >= 11 is 0. The van der Waals surface area contributed by atoms with Gasteiger partial charge in [-0.2, -0.15) is 0 Å². The molecular formula is C21H24N2O4. The van der Waals surface area contributed by atoms with E-state index in [2.05, 4.69) is 10.6 Å². The molecule has 0 aliphatic heterocycles. The van der Waals surface area contributed by atoms with E-state index >= 15 is 0 Å². The topological polar surface area (TPSA) is 84.5 Å². The third-order valence-corrected chi connectivity index (χ3v) is 3.94. The molecule has 2 rings (SSSR count). The standard InChI is InChI=1S/C21H24N2O4/c1-3-16-9-11-18(12-10-16)23-21(26)15(2)27-20(25)14-22-19(24)13-17-7-5-4-6-8-17/h4-12,15H,3,13-14H2,1-2H3,(H,22,24)(H,23,26)/t15-/m0/s1. The lowest BCUT2D eigenvalue weighted by atomic mass is 10.1. The Hall–Kier alpha value is -3.15. The van der Waals surface area contributed by atoms with E-state index in [1.54, 1.807) is 12.1 Å². The summed E-state index contributed by atoms with van der Waals surface area (Å²) in [5.74, 6) is -1.38. The zero-order chi connectivity index (χ0) is 19.6. The Morgan fingerprint density at radius 1 is 0.963 bits per heavy atom. The number of carbonyl (C=O) groups excluding carboxylic acids is 3. The van der Waals surface area contributed by atoms with Gasteiger partial charge in [-0.05, 0) is 36.6 Å². The molecule has 0 radical (unpaired) electrons. The Bertz CT molecular complexity index is 773. The quantitative estimate of drug-likeness (QED) is 0.701. The molecule has 0 aliphatic carbocycles. The van der Waals surface area contributed by atoms with Gasteiger partial charge in [0.25, 0.3) is 5.91 Å². The van der Waals surface area contributed by atoms with E-state index in [4.69, 9.17) is 4.74 Å². The number of aryl methyl sites for hydroxylation is 1. The SMILES string of the molecule is CCc1ccc(NC(=O)[C@H](C)OC(=O)CNC(=O)Cc2ccccc2)cc1. The number of nitrogens with one attached hydrogen (secondary N) is 2. The lowest BCUT2D eigenvalue weighted by Crippen LogP contribution is -2.36. The van der Waals surface area contributed by atoms with Crippen LogP contribution in [0.1, 0.15) is 25.0 Å². The smallest absolute Gasteiger partial charge is 0.326 e. The molecular weight excluding hydrogens is 344 g/mol. The number of amides is 2. The molecule has 2 N–H and O–H groups in total. The molecule has 0 heterocycles. The van der Waals surface area contributed by atoms with Crippen LogP contribution in [0.3, 0.4) is 0 Å². The highest BCUT2D eigenvalue weighted by Gasteiger charge is 2.18. The third-order valence-electron chi connectivity index (χ3n) is 3.94. The largest absolute Gasteiger partial charge is 0.451 e. The second-order valence-corrected chi connectivity index (χ2v) is 6.11. The highest BCUT2D eigenvalue weighted by Crippen LogP contribution is 2.10. The summed E-state index contributed by atoms with van der Waals surface area (Å²) < 4.78 is 5.06. The average molecular weight is 368 g/mol. The van der Waals surface area contributed by atoms with Crippen LogP contribution < -0.4 is 10.6 Å². The molecule has 2 aromatic carbocycles. The number of ether oxygens (including phenoxy) is 1. The maximum absolute atomic E-state index is 12.1. The van der Waals surface area contributed by atoms with Crippen molar-refractivity contribution in [2.75, 3.05) is 11.9 Å². The number of esters is 1. The fraction of sp³-hybridized carbons (Fsp3) is 0.286. The van der Waals surface area contributed by atoms with Gasteiger partial charge < -0.3 is 15.4 Å². The minimum atomic E-state index is -0.964. The molecule has 0 unspecified atom stereocenters. The average Bonchev–Trinajstić information content (AvgIpc) is 2.67. The summed E-state index contributed by atoms with van der Waals surface area (Å²) in [6.45, 7) is 3.25. The van der Waals surface area contributed by atoms with Crippen LogP contribution in [0.15, 0.2) is 54.6 Å². The van der Waals surface area contributed by atoms with Crippen molar-refractivity contribution in [2.24, 2.45) is 0 Å². The van der Waals surface area contributed by atoms with Crippen LogP contribution in [-0.2, 0) is 32.0 Å². The van der Waals surface area contributed by atoms with Gasteiger partial charge in [0.2, 0.25) is 5.91 Å². The monoisotopic (exact) mass is 368 g/mol. The first-order chi connectivity index (χ1) is 13.0. The maximum atomic E-state index is 12.1. The van der Waals surface area contributed by atoms with Crippen molar-refractivity contribution in [3.63, 3.8) is 0 Å². The second-order valence-electron chi connectivity index (χ2n) is 6.11. The number of anilines is 1. The molecule has 142 valence electrons. The Labute approximate surface area is 158 Å². The van der Waals surface area contributed by atoms with Gasteiger partial charge in [0.15, 0.2) is 6.10 Å². The number of hydrogen-bond acceptors (Lipinski definition) is 4. The van der Waals surface area contributed by atoms with Crippen molar-refractivity contribution in [3.8, 4) is 0 Å². The number of carbonyl (C=O) groups is 3. The Morgan fingerprint density at radius 3 is 2.26 bits per heavy atom. The summed E-state index contributed by atoms with van der Waals surface area (Å²) in [5.41, 5.74) is 2.65. The first kappa shape index (κ1) is 20.2. The van der Waals surface area contributed by atoms with Gasteiger partial charge in [0, 0.05) is 5.69 Å². The second kappa shape index (κ2) is 10.1. The van der Waals surface area contributed by atoms with Crippen LogP contribution in [0.5, 0.6) is 0 Å². The number of benzene rings is 2. The predicted molar refractivity (Wildman–Crippen MR) is 103 cm³/mol. The summed E-state index contributed by atoms with van der Waals surface area (Å²) in [6, 6.07) is 16.7. The van der Waals surface area contributed by atoms with Gasteiger partial charge in [-0.15, -0.1) is 0 Å². The van der Waals surface area contributed by atoms with Crippen LogP contribution in [0, 0.1) is 0 Å². The van der Waals surface area contributed by atoms with Crippen molar-refractivity contribution < 1.29 is 19.1 Å². The van der Waals surface area contributed by atoms with Gasteiger partial charge in [0.05, 0.1) is 6.42 Å². The van der Waals surface area contributed by atoms with Crippen LogP contribution in [0.2, 0.25) is 0 Å². The minimum Gasteiger partial charge on any atom is -0.451 e. The van der Waals surface area contributed by atoms with Crippen LogP contribution in [-0.4, -0.2) is 30.4 Å². The van der Waals surface area contributed by atoms with E-state index in [-0.39, 0.29) is 18.9 Å². The summed E-state index contributed by atoms with van der Waals surface area (Å²) in [5, 5.41) is 5.18. The van der Waals surface area contributed by atoms with E-state index in [0.29, 0.717) is 5.69 Å². The predicted octanol–water partition coefficient (Wildman–Crippen LogP) is 2.48. The fourth-order valence-electron chi connectivity index (χ4n) is 2.37. The normalized spacial score (nSPS) is 11.3. The molecule has 27 heavy (non-hydrogen) atoms. The zero-order valence-electron chi connectivity index (χ0n) is 15.5. The number of rotatable bonds is 8. The summed E-state index contributed by atoms with van der Waals surface area (Å²) in [4.78, 5) is 35.8. The molecule has 0 fully saturated rings. The van der Waals surface area contributed by atoms with Gasteiger partial charge in [-0.3, -0.25) is 14.4 Å². The lowest BCUT2D eigenvalue weighted by Gasteiger charge is -2.14. The van der Waals surface area contributed by atoms with Crippen molar-refractivity contribution in [3.05, 3.63) is 65.7 Å². The Kier molecular flexibility index (Phi) is 7.55. The fourth-order valence-corrected chi connectivity index (χ4v) is 2.37. The molecule has 1 atom stereocenters. The zero-order valence-corrected chi connectivity index (χ0v) is 15.5. The molecule has 6 nitrogen and oxygen atoms in total. The van der Waals surface area contributed by atoms with E-state index in [0.717, 1.165) is 12.0 Å². The van der Waals surface area contributed by atoms with E-state index in [1.165, 1.54) is 12.5 Å². The van der Waals surface area contributed by atoms with Gasteiger partial charge in [-0.25, -0.2) is 0 Å². The third kappa shape index (κ3) is 6.93.